The molecule has 7 nitrogen and oxygen atoms in total. The van der Waals surface area contributed by atoms with Crippen molar-refractivity contribution in [1.29, 1.82) is 0 Å². The first-order chi connectivity index (χ1) is 17.6. The molecule has 4 rings (SSSR count). The molecular formula is C30H40N2O5. The van der Waals surface area contributed by atoms with E-state index >= 15 is 0 Å². The lowest BCUT2D eigenvalue weighted by Gasteiger charge is -2.40. The van der Waals surface area contributed by atoms with E-state index in [4.69, 9.17) is 14.2 Å². The van der Waals surface area contributed by atoms with Crippen LogP contribution in [0.5, 0.6) is 0 Å². The minimum Gasteiger partial charge on any atom is -0.466 e. The van der Waals surface area contributed by atoms with Crippen molar-refractivity contribution in [3.63, 3.8) is 0 Å². The Morgan fingerprint density at radius 3 is 1.95 bits per heavy atom. The molecule has 1 aliphatic heterocycles. The Balaban J connectivity index is 1.68. The number of esters is 1. The monoisotopic (exact) mass is 508 g/mol. The third kappa shape index (κ3) is 6.70. The molecule has 37 heavy (non-hydrogen) atoms. The number of benzene rings is 2. The van der Waals surface area contributed by atoms with Gasteiger partial charge in [0.25, 0.3) is 0 Å². The minimum absolute atomic E-state index is 0.348. The van der Waals surface area contributed by atoms with Gasteiger partial charge in [0.1, 0.15) is 5.72 Å². The normalized spacial score (nSPS) is 19.9. The fraction of sp³-hybridized carbons (Fsp3) is 0.533. The zero-order valence-electron chi connectivity index (χ0n) is 22.7. The van der Waals surface area contributed by atoms with Crippen LogP contribution in [0.4, 0.5) is 4.79 Å². The largest absolute Gasteiger partial charge is 0.466 e. The predicted molar refractivity (Wildman–Crippen MR) is 141 cm³/mol. The quantitative estimate of drug-likeness (QED) is 0.401. The topological polar surface area (TPSA) is 68.3 Å². The zero-order chi connectivity index (χ0) is 26.6. The number of methoxy groups -OCH3 is 1. The van der Waals surface area contributed by atoms with Gasteiger partial charge in [0.05, 0.1) is 25.3 Å². The molecule has 0 bridgehead atoms. The van der Waals surface area contributed by atoms with Crippen LogP contribution in [0, 0.1) is 5.92 Å². The van der Waals surface area contributed by atoms with Gasteiger partial charge in [-0.2, -0.15) is 0 Å². The molecular weight excluding hydrogens is 468 g/mol. The van der Waals surface area contributed by atoms with Gasteiger partial charge < -0.3 is 14.2 Å². The first-order valence-corrected chi connectivity index (χ1v) is 13.2. The van der Waals surface area contributed by atoms with Crippen molar-refractivity contribution in [3.05, 3.63) is 71.8 Å². The highest BCUT2D eigenvalue weighted by Gasteiger charge is 2.51. The van der Waals surface area contributed by atoms with E-state index in [9.17, 15) is 9.59 Å². The van der Waals surface area contributed by atoms with E-state index in [0.29, 0.717) is 25.6 Å². The third-order valence-corrected chi connectivity index (χ3v) is 7.31. The van der Waals surface area contributed by atoms with Crippen LogP contribution in [0.1, 0.15) is 58.1 Å². The highest BCUT2D eigenvalue weighted by Crippen LogP contribution is 2.38. The molecule has 0 aromatic heterocycles. The molecule has 0 spiro atoms. The van der Waals surface area contributed by atoms with Crippen molar-refractivity contribution in [2.45, 2.75) is 83.5 Å². The summed E-state index contributed by atoms with van der Waals surface area (Å²) in [5.41, 5.74) is 0.843. The van der Waals surface area contributed by atoms with Crippen LogP contribution in [-0.2, 0) is 32.1 Å². The van der Waals surface area contributed by atoms with Gasteiger partial charge in [0.2, 0.25) is 6.10 Å². The molecule has 2 fully saturated rings. The molecule has 2 aromatic carbocycles. The molecule has 1 saturated carbocycles. The highest BCUT2D eigenvalue weighted by atomic mass is 16.6. The smallest absolute Gasteiger partial charge is 0.413 e. The lowest BCUT2D eigenvalue weighted by Crippen LogP contribution is -2.56. The molecule has 1 saturated heterocycles. The first-order valence-electron chi connectivity index (χ1n) is 13.2. The fourth-order valence-corrected chi connectivity index (χ4v) is 5.32. The number of hydrogen-bond donors (Lipinski definition) is 0. The van der Waals surface area contributed by atoms with Gasteiger partial charge in [-0.25, -0.2) is 9.59 Å². The van der Waals surface area contributed by atoms with Crippen LogP contribution in [0.3, 0.4) is 0 Å². The van der Waals surface area contributed by atoms with Crippen LogP contribution in [0.2, 0.25) is 0 Å². The summed E-state index contributed by atoms with van der Waals surface area (Å²) in [6.45, 7) is 9.18. The second kappa shape index (κ2) is 11.2. The molecule has 2 atom stereocenters. The van der Waals surface area contributed by atoms with Crippen LogP contribution in [-0.4, -0.2) is 59.0 Å². The molecule has 0 N–H and O–H groups in total. The summed E-state index contributed by atoms with van der Waals surface area (Å²) >= 11 is 0. The Hall–Kier alpha value is -2.90. The highest BCUT2D eigenvalue weighted by molar-refractivity contribution is 5.80. The van der Waals surface area contributed by atoms with Gasteiger partial charge >= 0.3 is 12.1 Å². The van der Waals surface area contributed by atoms with E-state index in [-0.39, 0.29) is 6.04 Å². The third-order valence-electron chi connectivity index (χ3n) is 7.31. The average Bonchev–Trinajstić information content (AvgIpc) is 3.66. The van der Waals surface area contributed by atoms with Crippen molar-refractivity contribution in [2.75, 3.05) is 13.7 Å². The van der Waals surface area contributed by atoms with E-state index < -0.39 is 29.4 Å². The van der Waals surface area contributed by atoms with Gasteiger partial charge in [0, 0.05) is 13.1 Å². The Kier molecular flexibility index (Phi) is 8.24. The molecule has 0 radical (unpaired) electrons. The van der Waals surface area contributed by atoms with Crippen molar-refractivity contribution in [2.24, 2.45) is 5.92 Å². The number of rotatable bonds is 10. The van der Waals surface area contributed by atoms with Crippen molar-refractivity contribution < 1.29 is 23.8 Å². The lowest BCUT2D eigenvalue weighted by molar-refractivity contribution is -0.157. The van der Waals surface area contributed by atoms with Crippen LogP contribution in [0.25, 0.3) is 0 Å². The van der Waals surface area contributed by atoms with E-state index in [2.05, 4.69) is 29.2 Å². The number of nitrogens with zero attached hydrogens (tertiary/aromatic N) is 2. The number of hydrogen-bond acceptors (Lipinski definition) is 6. The van der Waals surface area contributed by atoms with Crippen molar-refractivity contribution in [3.8, 4) is 0 Å². The van der Waals surface area contributed by atoms with E-state index in [0.717, 1.165) is 30.4 Å². The lowest BCUT2D eigenvalue weighted by atomic mass is 9.99. The maximum atomic E-state index is 13.6. The fourth-order valence-electron chi connectivity index (χ4n) is 5.32. The summed E-state index contributed by atoms with van der Waals surface area (Å²) in [6.07, 6.45) is 1.34. The maximum Gasteiger partial charge on any atom is 0.413 e. The average molecular weight is 509 g/mol. The summed E-state index contributed by atoms with van der Waals surface area (Å²) < 4.78 is 17.2. The first kappa shape index (κ1) is 27.1. The van der Waals surface area contributed by atoms with E-state index in [1.807, 2.05) is 64.1 Å². The Bertz CT molecular complexity index is 995. The second-order valence-corrected chi connectivity index (χ2v) is 11.3. The van der Waals surface area contributed by atoms with E-state index in [1.54, 1.807) is 4.90 Å². The minimum atomic E-state index is -1.07. The SMILES string of the molecule is COC(=O)[C@H](OC(=O)N1C(C)(C)COC1(C)C)[C@@H](CC1CC1)N(Cc1ccccc1)Cc1ccccc1. The van der Waals surface area contributed by atoms with Gasteiger partial charge in [-0.15, -0.1) is 0 Å². The summed E-state index contributed by atoms with van der Waals surface area (Å²) in [4.78, 5) is 30.8. The molecule has 200 valence electrons. The molecule has 0 unspecified atom stereocenters. The zero-order valence-corrected chi connectivity index (χ0v) is 22.7. The molecule has 2 aliphatic rings. The summed E-state index contributed by atoms with van der Waals surface area (Å²) in [7, 11) is 1.35. The number of carbonyl (C=O) groups excluding carboxylic acids is 2. The summed E-state index contributed by atoms with van der Waals surface area (Å²) in [5, 5.41) is 0. The van der Waals surface area contributed by atoms with E-state index in [1.165, 1.54) is 7.11 Å². The molecule has 1 heterocycles. The standard InChI is InChI=1S/C30H40N2O5/c1-29(2)21-36-30(3,4)32(29)28(34)37-26(27(33)35-5)25(18-22-16-17-22)31(19-23-12-8-6-9-13-23)20-24-14-10-7-11-15-24/h6-15,22,25-26H,16-21H2,1-5H3/t25-,26-/m1/s1. The van der Waals surface area contributed by atoms with Crippen LogP contribution < -0.4 is 0 Å². The predicted octanol–water partition coefficient (Wildman–Crippen LogP) is 5.38. The van der Waals surface area contributed by atoms with Crippen molar-refractivity contribution in [1.82, 2.24) is 9.80 Å². The van der Waals surface area contributed by atoms with Gasteiger partial charge in [-0.1, -0.05) is 73.5 Å². The summed E-state index contributed by atoms with van der Waals surface area (Å²) in [5.74, 6) is -0.0474. The second-order valence-electron chi connectivity index (χ2n) is 11.3. The number of carbonyl (C=O) groups is 2. The number of amides is 1. The summed E-state index contributed by atoms with van der Waals surface area (Å²) in [6, 6.07) is 20.0. The Morgan fingerprint density at radius 2 is 1.51 bits per heavy atom. The van der Waals surface area contributed by atoms with Gasteiger partial charge in [0.15, 0.2) is 0 Å². The Labute approximate surface area is 220 Å². The van der Waals surface area contributed by atoms with Crippen LogP contribution >= 0.6 is 0 Å². The van der Waals surface area contributed by atoms with Gasteiger partial charge in [-0.3, -0.25) is 9.80 Å². The number of ether oxygens (including phenoxy) is 3. The molecule has 1 amide bonds. The molecule has 1 aliphatic carbocycles. The maximum absolute atomic E-state index is 13.6. The van der Waals surface area contributed by atoms with Crippen molar-refractivity contribution >= 4 is 12.1 Å². The van der Waals surface area contributed by atoms with Crippen LogP contribution in [0.15, 0.2) is 60.7 Å². The van der Waals surface area contributed by atoms with Gasteiger partial charge in [-0.05, 0) is 51.2 Å². The Morgan fingerprint density at radius 1 is 0.973 bits per heavy atom. The molecule has 2 aromatic rings. The molecule has 7 heteroatoms.